The zero-order chi connectivity index (χ0) is 17.5. The Balaban J connectivity index is 1.78. The van der Waals surface area contributed by atoms with Gasteiger partial charge < -0.3 is 19.4 Å². The third-order valence-corrected chi connectivity index (χ3v) is 5.64. The molecule has 2 aliphatic rings. The molecule has 0 bridgehead atoms. The van der Waals surface area contributed by atoms with Crippen LogP contribution in [0.5, 0.6) is 0 Å². The van der Waals surface area contributed by atoms with Gasteiger partial charge in [-0.1, -0.05) is 12.1 Å². The van der Waals surface area contributed by atoms with Gasteiger partial charge in [0.05, 0.1) is 23.9 Å². The number of ether oxygens (including phenoxy) is 1. The molecule has 0 saturated carbocycles. The molecule has 130 valence electrons. The number of carbonyl (C=O) groups is 1. The standard InChI is InChI=1S/C18H26BNO4/c1-17(2)18(3,4)24-19(23-17)15-11-20-10-14(15)12-6-8-13(9-7-12)16(21)22-5/h6-9,14-15,20H,10-11H2,1-5H3. The molecule has 24 heavy (non-hydrogen) atoms. The van der Waals surface area contributed by atoms with Crippen molar-refractivity contribution in [3.05, 3.63) is 35.4 Å². The van der Waals surface area contributed by atoms with Crippen LogP contribution in [-0.4, -0.2) is 44.5 Å². The molecule has 0 aliphatic carbocycles. The quantitative estimate of drug-likeness (QED) is 0.682. The Morgan fingerprint density at radius 1 is 1.12 bits per heavy atom. The number of carbonyl (C=O) groups excluding carboxylic acids is 1. The highest BCUT2D eigenvalue weighted by atomic mass is 16.7. The first-order chi connectivity index (χ1) is 11.2. The van der Waals surface area contributed by atoms with Crippen molar-refractivity contribution >= 4 is 13.1 Å². The van der Waals surface area contributed by atoms with Gasteiger partial charge in [0.15, 0.2) is 0 Å². The van der Waals surface area contributed by atoms with Crippen LogP contribution < -0.4 is 5.32 Å². The van der Waals surface area contributed by atoms with Gasteiger partial charge in [0.2, 0.25) is 0 Å². The van der Waals surface area contributed by atoms with E-state index in [1.165, 1.54) is 12.7 Å². The lowest BCUT2D eigenvalue weighted by molar-refractivity contribution is 0.00578. The van der Waals surface area contributed by atoms with Crippen LogP contribution in [0.3, 0.4) is 0 Å². The van der Waals surface area contributed by atoms with E-state index in [0.717, 1.165) is 13.1 Å². The SMILES string of the molecule is COC(=O)c1ccc(C2CNCC2B2OC(C)(C)C(C)(C)O2)cc1. The Morgan fingerprint density at radius 2 is 1.71 bits per heavy atom. The van der Waals surface area contributed by atoms with Gasteiger partial charge in [0.1, 0.15) is 0 Å². The third-order valence-electron chi connectivity index (χ3n) is 5.64. The monoisotopic (exact) mass is 331 g/mol. The molecule has 5 nitrogen and oxygen atoms in total. The molecule has 3 rings (SSSR count). The summed E-state index contributed by atoms with van der Waals surface area (Å²) in [5, 5.41) is 3.45. The van der Waals surface area contributed by atoms with Crippen molar-refractivity contribution in [3.63, 3.8) is 0 Å². The molecular weight excluding hydrogens is 305 g/mol. The number of rotatable bonds is 3. The van der Waals surface area contributed by atoms with E-state index in [0.29, 0.717) is 11.5 Å². The lowest BCUT2D eigenvalue weighted by Crippen LogP contribution is -2.41. The minimum atomic E-state index is -0.320. The van der Waals surface area contributed by atoms with Crippen LogP contribution in [-0.2, 0) is 14.0 Å². The van der Waals surface area contributed by atoms with Gasteiger partial charge in [0.25, 0.3) is 0 Å². The van der Waals surface area contributed by atoms with E-state index in [9.17, 15) is 4.79 Å². The fraction of sp³-hybridized carbons (Fsp3) is 0.611. The van der Waals surface area contributed by atoms with Gasteiger partial charge in [0, 0.05) is 12.4 Å². The van der Waals surface area contributed by atoms with E-state index in [2.05, 4.69) is 33.0 Å². The Bertz CT molecular complexity index is 598. The van der Waals surface area contributed by atoms with E-state index in [1.807, 2.05) is 24.3 Å². The molecule has 1 aromatic carbocycles. The Hall–Kier alpha value is -1.37. The fourth-order valence-electron chi connectivity index (χ4n) is 3.40. The Morgan fingerprint density at radius 3 is 2.25 bits per heavy atom. The number of methoxy groups -OCH3 is 1. The lowest BCUT2D eigenvalue weighted by Gasteiger charge is -2.32. The predicted octanol–water partition coefficient (Wildman–Crippen LogP) is 2.62. The molecule has 2 heterocycles. The van der Waals surface area contributed by atoms with Gasteiger partial charge in [-0.2, -0.15) is 0 Å². The number of nitrogens with one attached hydrogen (secondary N) is 1. The van der Waals surface area contributed by atoms with Crippen molar-refractivity contribution in [2.24, 2.45) is 0 Å². The van der Waals surface area contributed by atoms with Crippen LogP contribution in [0, 0.1) is 0 Å². The summed E-state index contributed by atoms with van der Waals surface area (Å²) in [6.45, 7) is 10.1. The second kappa shape index (κ2) is 6.17. The molecule has 2 saturated heterocycles. The highest BCUT2D eigenvalue weighted by molar-refractivity contribution is 6.48. The molecule has 2 fully saturated rings. The molecule has 2 atom stereocenters. The molecule has 2 aliphatic heterocycles. The molecule has 0 spiro atoms. The van der Waals surface area contributed by atoms with Crippen molar-refractivity contribution in [2.45, 2.75) is 50.6 Å². The first-order valence-corrected chi connectivity index (χ1v) is 8.50. The molecule has 1 aromatic rings. The largest absolute Gasteiger partial charge is 0.465 e. The van der Waals surface area contributed by atoms with Crippen LogP contribution in [0.1, 0.15) is 49.5 Å². The van der Waals surface area contributed by atoms with Gasteiger partial charge in [-0.05, 0) is 57.9 Å². The zero-order valence-corrected chi connectivity index (χ0v) is 15.1. The van der Waals surface area contributed by atoms with E-state index < -0.39 is 0 Å². The van der Waals surface area contributed by atoms with Crippen LogP contribution in [0.2, 0.25) is 5.82 Å². The maximum atomic E-state index is 11.6. The summed E-state index contributed by atoms with van der Waals surface area (Å²) in [4.78, 5) is 11.6. The molecular formula is C18H26BNO4. The maximum absolute atomic E-state index is 11.6. The number of hydrogen-bond donors (Lipinski definition) is 1. The summed E-state index contributed by atoms with van der Waals surface area (Å²) in [7, 11) is 1.17. The number of hydrogen-bond acceptors (Lipinski definition) is 5. The molecule has 2 unspecified atom stereocenters. The first kappa shape index (κ1) is 17.5. The van der Waals surface area contributed by atoms with Crippen LogP contribution in [0.15, 0.2) is 24.3 Å². The van der Waals surface area contributed by atoms with E-state index >= 15 is 0 Å². The third kappa shape index (κ3) is 2.98. The lowest BCUT2D eigenvalue weighted by atomic mass is 9.65. The first-order valence-electron chi connectivity index (χ1n) is 8.50. The predicted molar refractivity (Wildman–Crippen MR) is 93.2 cm³/mol. The normalized spacial score (nSPS) is 28.1. The van der Waals surface area contributed by atoms with Gasteiger partial charge >= 0.3 is 13.1 Å². The molecule has 1 N–H and O–H groups in total. The van der Waals surface area contributed by atoms with Crippen LogP contribution >= 0.6 is 0 Å². The molecule has 6 heteroatoms. The summed E-state index contributed by atoms with van der Waals surface area (Å²) in [5.41, 5.74) is 1.12. The molecule has 0 aromatic heterocycles. The van der Waals surface area contributed by atoms with E-state index in [-0.39, 0.29) is 30.1 Å². The summed E-state index contributed by atoms with van der Waals surface area (Å²) < 4.78 is 17.2. The van der Waals surface area contributed by atoms with Crippen molar-refractivity contribution in [2.75, 3.05) is 20.2 Å². The minimum Gasteiger partial charge on any atom is -0.465 e. The highest BCUT2D eigenvalue weighted by Gasteiger charge is 2.55. The Kier molecular flexibility index (Phi) is 4.49. The smallest absolute Gasteiger partial charge is 0.463 e. The van der Waals surface area contributed by atoms with E-state index in [4.69, 9.17) is 14.0 Å². The molecule has 0 amide bonds. The Labute approximate surface area is 144 Å². The van der Waals surface area contributed by atoms with Crippen molar-refractivity contribution < 1.29 is 18.8 Å². The van der Waals surface area contributed by atoms with Gasteiger partial charge in [-0.3, -0.25) is 0 Å². The van der Waals surface area contributed by atoms with Crippen molar-refractivity contribution in [1.29, 1.82) is 0 Å². The summed E-state index contributed by atoms with van der Waals surface area (Å²) >= 11 is 0. The summed E-state index contributed by atoms with van der Waals surface area (Å²) in [5.74, 6) is 0.232. The maximum Gasteiger partial charge on any atom is 0.463 e. The van der Waals surface area contributed by atoms with Crippen LogP contribution in [0.25, 0.3) is 0 Å². The van der Waals surface area contributed by atoms with Gasteiger partial charge in [-0.25, -0.2) is 4.79 Å². The second-order valence-electron chi connectivity index (χ2n) is 7.67. The van der Waals surface area contributed by atoms with Crippen molar-refractivity contribution in [3.8, 4) is 0 Å². The minimum absolute atomic E-state index is 0.227. The number of benzene rings is 1. The fourth-order valence-corrected chi connectivity index (χ4v) is 3.40. The summed E-state index contributed by atoms with van der Waals surface area (Å²) in [6.07, 6.45) is 0. The van der Waals surface area contributed by atoms with Crippen molar-refractivity contribution in [1.82, 2.24) is 5.32 Å². The van der Waals surface area contributed by atoms with Gasteiger partial charge in [-0.15, -0.1) is 0 Å². The topological polar surface area (TPSA) is 56.8 Å². The zero-order valence-electron chi connectivity index (χ0n) is 15.1. The summed E-state index contributed by atoms with van der Waals surface area (Å²) in [6, 6.07) is 7.64. The average Bonchev–Trinajstić information content (AvgIpc) is 3.09. The second-order valence-corrected chi connectivity index (χ2v) is 7.67. The van der Waals surface area contributed by atoms with Crippen LogP contribution in [0.4, 0.5) is 0 Å². The molecule has 0 radical (unpaired) electrons. The average molecular weight is 331 g/mol. The highest BCUT2D eigenvalue weighted by Crippen LogP contribution is 2.45. The number of esters is 1. The van der Waals surface area contributed by atoms with E-state index in [1.54, 1.807) is 0 Å².